The zero-order valence-corrected chi connectivity index (χ0v) is 13.9. The van der Waals surface area contributed by atoms with Gasteiger partial charge in [0.15, 0.2) is 0 Å². The van der Waals surface area contributed by atoms with E-state index in [0.717, 1.165) is 18.7 Å². The molecule has 22 heavy (non-hydrogen) atoms. The molecule has 2 atom stereocenters. The number of hydrogen-bond donors (Lipinski definition) is 2. The van der Waals surface area contributed by atoms with Crippen molar-refractivity contribution in [2.45, 2.75) is 70.4 Å². The second-order valence-electron chi connectivity index (χ2n) is 6.43. The third kappa shape index (κ3) is 5.98. The van der Waals surface area contributed by atoms with Crippen molar-refractivity contribution in [2.24, 2.45) is 0 Å². The van der Waals surface area contributed by atoms with E-state index >= 15 is 0 Å². The molecule has 0 spiro atoms. The molecule has 0 aliphatic carbocycles. The normalized spacial score (nSPS) is 21.2. The van der Waals surface area contributed by atoms with Crippen molar-refractivity contribution in [1.29, 1.82) is 0 Å². The van der Waals surface area contributed by atoms with Crippen LogP contribution in [0.4, 0.5) is 0 Å². The Kier molecular flexibility index (Phi) is 7.75. The summed E-state index contributed by atoms with van der Waals surface area (Å²) in [6, 6.07) is 8.73. The van der Waals surface area contributed by atoms with Crippen molar-refractivity contribution in [1.82, 2.24) is 5.32 Å². The molecule has 1 heterocycles. The van der Waals surface area contributed by atoms with E-state index in [1.807, 2.05) is 0 Å². The number of nitrogens with one attached hydrogen (secondary N) is 1. The van der Waals surface area contributed by atoms with Crippen LogP contribution in [0.25, 0.3) is 0 Å². The van der Waals surface area contributed by atoms with Gasteiger partial charge in [0.25, 0.3) is 0 Å². The molecule has 0 unspecified atom stereocenters. The van der Waals surface area contributed by atoms with Crippen LogP contribution in [0.2, 0.25) is 0 Å². The number of hydrogen-bond acceptors (Lipinski definition) is 3. The summed E-state index contributed by atoms with van der Waals surface area (Å²) >= 11 is 0. The minimum atomic E-state index is 0.182. The predicted molar refractivity (Wildman–Crippen MR) is 91.4 cm³/mol. The Bertz CT molecular complexity index is 404. The summed E-state index contributed by atoms with van der Waals surface area (Å²) in [6.45, 7) is 3.27. The fraction of sp³-hybridized carbons (Fsp3) is 0.684. The van der Waals surface area contributed by atoms with Crippen LogP contribution < -0.4 is 10.1 Å². The molecule has 3 heteroatoms. The van der Waals surface area contributed by atoms with Gasteiger partial charge in [-0.2, -0.15) is 0 Å². The fourth-order valence-corrected chi connectivity index (χ4v) is 3.05. The first kappa shape index (κ1) is 17.3. The Hall–Kier alpha value is -1.06. The van der Waals surface area contributed by atoms with Crippen LogP contribution in [0.3, 0.4) is 0 Å². The molecule has 3 nitrogen and oxygen atoms in total. The number of unbranched alkanes of at least 4 members (excludes halogenated alkanes) is 5. The van der Waals surface area contributed by atoms with Gasteiger partial charge in [-0.15, -0.1) is 0 Å². The van der Waals surface area contributed by atoms with Crippen LogP contribution in [0.1, 0.15) is 57.4 Å². The molecular formula is C19H31NO2. The monoisotopic (exact) mass is 305 g/mol. The molecule has 2 N–H and O–H groups in total. The summed E-state index contributed by atoms with van der Waals surface area (Å²) in [4.78, 5) is 0. The predicted octanol–water partition coefficient (Wildman–Crippen LogP) is 3.69. The van der Waals surface area contributed by atoms with Gasteiger partial charge in [-0.1, -0.05) is 51.2 Å². The van der Waals surface area contributed by atoms with Gasteiger partial charge >= 0.3 is 0 Å². The van der Waals surface area contributed by atoms with Gasteiger partial charge in [0.05, 0.1) is 6.61 Å². The number of aliphatic hydroxyl groups excluding tert-OH is 1. The highest BCUT2D eigenvalue weighted by molar-refractivity contribution is 5.27. The smallest absolute Gasteiger partial charge is 0.119 e. The summed E-state index contributed by atoms with van der Waals surface area (Å²) in [7, 11) is 0. The Morgan fingerprint density at radius 1 is 1.09 bits per heavy atom. The summed E-state index contributed by atoms with van der Waals surface area (Å²) in [5.41, 5.74) is 1.40. The molecule has 0 bridgehead atoms. The zero-order valence-electron chi connectivity index (χ0n) is 13.9. The van der Waals surface area contributed by atoms with Crippen molar-refractivity contribution in [2.75, 3.05) is 13.2 Å². The van der Waals surface area contributed by atoms with Crippen molar-refractivity contribution < 1.29 is 9.84 Å². The summed E-state index contributed by atoms with van der Waals surface area (Å²) < 4.78 is 5.96. The van der Waals surface area contributed by atoms with Gasteiger partial charge in [-0.3, -0.25) is 0 Å². The number of rotatable bonds is 10. The second kappa shape index (κ2) is 9.86. The Morgan fingerprint density at radius 3 is 2.50 bits per heavy atom. The van der Waals surface area contributed by atoms with Crippen molar-refractivity contribution >= 4 is 0 Å². The molecule has 1 aliphatic rings. The lowest BCUT2D eigenvalue weighted by Crippen LogP contribution is -2.25. The first-order valence-electron chi connectivity index (χ1n) is 8.91. The molecule has 0 saturated carbocycles. The number of aliphatic hydroxyl groups is 1. The van der Waals surface area contributed by atoms with E-state index in [9.17, 15) is 0 Å². The van der Waals surface area contributed by atoms with Crippen LogP contribution in [-0.2, 0) is 6.42 Å². The number of ether oxygens (including phenoxy) is 1. The minimum absolute atomic E-state index is 0.182. The lowest BCUT2D eigenvalue weighted by molar-refractivity contribution is 0.206. The highest BCUT2D eigenvalue weighted by Crippen LogP contribution is 2.19. The van der Waals surface area contributed by atoms with E-state index in [0.29, 0.717) is 0 Å². The third-order valence-corrected chi connectivity index (χ3v) is 4.45. The molecule has 1 fully saturated rings. The van der Waals surface area contributed by atoms with Gasteiger partial charge < -0.3 is 15.2 Å². The van der Waals surface area contributed by atoms with E-state index in [1.54, 1.807) is 0 Å². The van der Waals surface area contributed by atoms with E-state index < -0.39 is 0 Å². The van der Waals surface area contributed by atoms with Gasteiger partial charge in [-0.25, -0.2) is 0 Å². The van der Waals surface area contributed by atoms with Crippen LogP contribution in [-0.4, -0.2) is 30.4 Å². The van der Waals surface area contributed by atoms with E-state index in [1.165, 1.54) is 50.5 Å². The molecular weight excluding hydrogens is 274 g/mol. The Labute approximate surface area is 135 Å². The molecule has 2 rings (SSSR count). The number of aryl methyl sites for hydroxylation is 1. The maximum atomic E-state index is 9.12. The Morgan fingerprint density at radius 2 is 1.82 bits per heavy atom. The van der Waals surface area contributed by atoms with Gasteiger partial charge in [0.1, 0.15) is 11.9 Å². The highest BCUT2D eigenvalue weighted by Gasteiger charge is 2.24. The lowest BCUT2D eigenvalue weighted by atomic mass is 10.0. The average molecular weight is 305 g/mol. The van der Waals surface area contributed by atoms with Crippen LogP contribution >= 0.6 is 0 Å². The Balaban J connectivity index is 1.65. The van der Waals surface area contributed by atoms with E-state index in [4.69, 9.17) is 9.84 Å². The summed E-state index contributed by atoms with van der Waals surface area (Å²) in [5, 5.41) is 12.4. The van der Waals surface area contributed by atoms with Crippen LogP contribution in [0.15, 0.2) is 24.3 Å². The largest absolute Gasteiger partial charge is 0.489 e. The maximum absolute atomic E-state index is 9.12. The maximum Gasteiger partial charge on any atom is 0.119 e. The SMILES string of the molecule is CCCCCCCCc1ccc(O[C@@H]2CN[C@H](CO)C2)cc1. The summed E-state index contributed by atoms with van der Waals surface area (Å²) in [5.74, 6) is 0.942. The zero-order chi connectivity index (χ0) is 15.6. The van der Waals surface area contributed by atoms with E-state index in [-0.39, 0.29) is 18.8 Å². The molecule has 0 radical (unpaired) electrons. The standard InChI is InChI=1S/C19H31NO2/c1-2-3-4-5-6-7-8-16-9-11-18(12-10-16)22-19-13-17(15-21)20-14-19/h9-12,17,19-21H,2-8,13-15H2,1H3/t17-,19-/m0/s1. The highest BCUT2D eigenvalue weighted by atomic mass is 16.5. The van der Waals surface area contributed by atoms with Crippen LogP contribution in [0.5, 0.6) is 5.75 Å². The third-order valence-electron chi connectivity index (χ3n) is 4.45. The molecule has 1 aromatic carbocycles. The van der Waals surface area contributed by atoms with Crippen molar-refractivity contribution in [3.05, 3.63) is 29.8 Å². The van der Waals surface area contributed by atoms with Crippen molar-refractivity contribution in [3.63, 3.8) is 0 Å². The van der Waals surface area contributed by atoms with Gasteiger partial charge in [0, 0.05) is 19.0 Å². The van der Waals surface area contributed by atoms with E-state index in [2.05, 4.69) is 36.5 Å². The fourth-order valence-electron chi connectivity index (χ4n) is 3.05. The topological polar surface area (TPSA) is 41.5 Å². The average Bonchev–Trinajstić information content (AvgIpc) is 3.00. The van der Waals surface area contributed by atoms with Crippen LogP contribution in [0, 0.1) is 0 Å². The molecule has 0 amide bonds. The number of benzene rings is 1. The lowest BCUT2D eigenvalue weighted by Gasteiger charge is -2.13. The summed E-state index contributed by atoms with van der Waals surface area (Å²) in [6.07, 6.45) is 10.3. The molecule has 0 aromatic heterocycles. The molecule has 124 valence electrons. The molecule has 1 aliphatic heterocycles. The molecule has 1 saturated heterocycles. The molecule has 1 aromatic rings. The first-order valence-corrected chi connectivity index (χ1v) is 8.91. The van der Waals surface area contributed by atoms with Crippen molar-refractivity contribution in [3.8, 4) is 5.75 Å². The minimum Gasteiger partial charge on any atom is -0.489 e. The first-order chi connectivity index (χ1) is 10.8. The second-order valence-corrected chi connectivity index (χ2v) is 6.43. The van der Waals surface area contributed by atoms with Gasteiger partial charge in [0.2, 0.25) is 0 Å². The van der Waals surface area contributed by atoms with Gasteiger partial charge in [-0.05, 0) is 30.5 Å². The quantitative estimate of drug-likeness (QED) is 0.648.